The maximum Gasteiger partial charge on any atom is 0.222 e. The van der Waals surface area contributed by atoms with E-state index >= 15 is 0 Å². The molecule has 2 N–H and O–H groups in total. The molecule has 0 bridgehead atoms. The lowest BCUT2D eigenvalue weighted by molar-refractivity contribution is -0.133. The van der Waals surface area contributed by atoms with Gasteiger partial charge in [0.1, 0.15) is 0 Å². The van der Waals surface area contributed by atoms with E-state index < -0.39 is 11.6 Å². The van der Waals surface area contributed by atoms with Crippen LogP contribution in [-0.4, -0.2) is 36.5 Å². The van der Waals surface area contributed by atoms with Crippen molar-refractivity contribution in [1.82, 2.24) is 15.8 Å². The summed E-state index contributed by atoms with van der Waals surface area (Å²) in [5.74, 6) is -1.12. The number of carbonyl (C=O) groups excluding carboxylic acids is 1. The lowest BCUT2D eigenvalue weighted by Crippen LogP contribution is -2.48. The van der Waals surface area contributed by atoms with E-state index in [2.05, 4.69) is 10.9 Å². The number of nitrogens with one attached hydrogen (secondary N) is 2. The molecule has 1 amide bonds. The quantitative estimate of drug-likeness (QED) is 0.810. The largest absolute Gasteiger partial charge is 0.342 e. The molecule has 0 radical (unpaired) electrons. The molecule has 2 heterocycles. The predicted molar refractivity (Wildman–Crippen MR) is 108 cm³/mol. The zero-order valence-electron chi connectivity index (χ0n) is 16.4. The highest BCUT2D eigenvalue weighted by atomic mass is 19.2. The van der Waals surface area contributed by atoms with Crippen LogP contribution in [0.15, 0.2) is 48.5 Å². The Kier molecular flexibility index (Phi) is 6.21. The van der Waals surface area contributed by atoms with E-state index in [0.717, 1.165) is 31.4 Å². The summed E-state index contributed by atoms with van der Waals surface area (Å²) in [5.41, 5.74) is 8.46. The number of piperidine rings is 1. The number of hydrogen-bond donors (Lipinski definition) is 2. The molecule has 6 heteroatoms. The van der Waals surface area contributed by atoms with E-state index in [0.29, 0.717) is 19.5 Å². The Hall–Kier alpha value is -2.31. The Labute approximate surface area is 170 Å². The second kappa shape index (κ2) is 9.01. The highest BCUT2D eigenvalue weighted by Crippen LogP contribution is 2.32. The Morgan fingerprint density at radius 1 is 1.10 bits per heavy atom. The van der Waals surface area contributed by atoms with Crippen molar-refractivity contribution in [1.29, 1.82) is 0 Å². The minimum absolute atomic E-state index is 0.0504. The SMILES string of the molecule is O=C(CCc1ccccc1)N1CCCC(C2NNCC2c2ccc(F)c(F)c2)C1. The fourth-order valence-corrected chi connectivity index (χ4v) is 4.61. The zero-order valence-corrected chi connectivity index (χ0v) is 16.4. The molecule has 0 spiro atoms. The van der Waals surface area contributed by atoms with Crippen LogP contribution in [0.1, 0.15) is 36.3 Å². The van der Waals surface area contributed by atoms with Crippen molar-refractivity contribution in [2.45, 2.75) is 37.6 Å². The molecule has 3 atom stereocenters. The van der Waals surface area contributed by atoms with Gasteiger partial charge in [-0.2, -0.15) is 0 Å². The number of amides is 1. The molecule has 29 heavy (non-hydrogen) atoms. The normalized spacial score (nSPS) is 24.6. The first-order valence-electron chi connectivity index (χ1n) is 10.4. The van der Waals surface area contributed by atoms with E-state index in [9.17, 15) is 13.6 Å². The molecule has 2 aliphatic heterocycles. The van der Waals surface area contributed by atoms with Crippen LogP contribution in [0.4, 0.5) is 8.78 Å². The third-order valence-corrected chi connectivity index (χ3v) is 6.18. The maximum atomic E-state index is 13.7. The molecule has 0 saturated carbocycles. The predicted octanol–water partition coefficient (Wildman–Crippen LogP) is 3.40. The highest BCUT2D eigenvalue weighted by molar-refractivity contribution is 5.76. The minimum Gasteiger partial charge on any atom is -0.342 e. The first-order valence-corrected chi connectivity index (χ1v) is 10.4. The van der Waals surface area contributed by atoms with Gasteiger partial charge in [0.2, 0.25) is 5.91 Å². The summed E-state index contributed by atoms with van der Waals surface area (Å²) in [6.07, 6.45) is 3.24. The van der Waals surface area contributed by atoms with Crippen molar-refractivity contribution in [3.63, 3.8) is 0 Å². The first-order chi connectivity index (χ1) is 14.1. The van der Waals surface area contributed by atoms with Gasteiger partial charge < -0.3 is 4.90 Å². The van der Waals surface area contributed by atoms with Crippen LogP contribution in [0.25, 0.3) is 0 Å². The van der Waals surface area contributed by atoms with Crippen molar-refractivity contribution in [3.8, 4) is 0 Å². The number of hydrazine groups is 1. The summed E-state index contributed by atoms with van der Waals surface area (Å²) in [7, 11) is 0. The van der Waals surface area contributed by atoms with Crippen LogP contribution in [0.2, 0.25) is 0 Å². The van der Waals surface area contributed by atoms with E-state index in [-0.39, 0.29) is 23.8 Å². The fourth-order valence-electron chi connectivity index (χ4n) is 4.61. The third kappa shape index (κ3) is 4.65. The summed E-state index contributed by atoms with van der Waals surface area (Å²) in [5, 5.41) is 0. The van der Waals surface area contributed by atoms with Gasteiger partial charge in [-0.25, -0.2) is 8.78 Å². The molecule has 154 valence electrons. The molecule has 0 aromatic heterocycles. The molecule has 2 saturated heterocycles. The maximum absolute atomic E-state index is 13.7. The Morgan fingerprint density at radius 3 is 2.72 bits per heavy atom. The number of likely N-dealkylation sites (tertiary alicyclic amines) is 1. The molecular formula is C23H27F2N3O. The van der Waals surface area contributed by atoms with Crippen LogP contribution in [0.3, 0.4) is 0 Å². The van der Waals surface area contributed by atoms with Gasteiger partial charge in [0.15, 0.2) is 11.6 Å². The number of benzene rings is 2. The van der Waals surface area contributed by atoms with E-state index in [1.54, 1.807) is 6.07 Å². The monoisotopic (exact) mass is 399 g/mol. The average molecular weight is 399 g/mol. The van der Waals surface area contributed by atoms with Gasteiger partial charge in [-0.3, -0.25) is 15.6 Å². The molecule has 2 fully saturated rings. The molecule has 0 aliphatic carbocycles. The number of aryl methyl sites for hydroxylation is 1. The first kappa shape index (κ1) is 20.0. The minimum atomic E-state index is -0.822. The fraction of sp³-hybridized carbons (Fsp3) is 0.435. The van der Waals surface area contributed by atoms with Crippen molar-refractivity contribution in [2.75, 3.05) is 19.6 Å². The van der Waals surface area contributed by atoms with Crippen molar-refractivity contribution in [3.05, 3.63) is 71.3 Å². The Balaban J connectivity index is 1.39. The van der Waals surface area contributed by atoms with Crippen LogP contribution in [0.5, 0.6) is 0 Å². The summed E-state index contributed by atoms with van der Waals surface area (Å²) >= 11 is 0. The van der Waals surface area contributed by atoms with Crippen molar-refractivity contribution < 1.29 is 13.6 Å². The van der Waals surface area contributed by atoms with Crippen LogP contribution in [0, 0.1) is 17.6 Å². The summed E-state index contributed by atoms with van der Waals surface area (Å²) in [6.45, 7) is 2.15. The van der Waals surface area contributed by atoms with Crippen molar-refractivity contribution >= 4 is 5.91 Å². The molecule has 2 aromatic rings. The van der Waals surface area contributed by atoms with E-state index in [4.69, 9.17) is 0 Å². The molecule has 2 aliphatic rings. The van der Waals surface area contributed by atoms with Gasteiger partial charge in [-0.15, -0.1) is 0 Å². The number of rotatable bonds is 5. The smallest absolute Gasteiger partial charge is 0.222 e. The third-order valence-electron chi connectivity index (χ3n) is 6.18. The van der Waals surface area contributed by atoms with Gasteiger partial charge >= 0.3 is 0 Å². The molecule has 4 rings (SSSR count). The number of nitrogens with zero attached hydrogens (tertiary/aromatic N) is 1. The van der Waals surface area contributed by atoms with Crippen LogP contribution >= 0.6 is 0 Å². The van der Waals surface area contributed by atoms with Gasteiger partial charge in [0.25, 0.3) is 0 Å². The molecule has 2 aromatic carbocycles. The number of hydrogen-bond acceptors (Lipinski definition) is 3. The molecule has 3 unspecified atom stereocenters. The standard InChI is InChI=1S/C23H27F2N3O/c24-20-10-9-17(13-21(20)25)19-14-26-27-23(19)18-7-4-12-28(15-18)22(29)11-8-16-5-2-1-3-6-16/h1-3,5-6,9-10,13,18-19,23,26-27H,4,7-8,11-12,14-15H2. The highest BCUT2D eigenvalue weighted by Gasteiger charge is 2.37. The topological polar surface area (TPSA) is 44.4 Å². The Morgan fingerprint density at radius 2 is 1.93 bits per heavy atom. The van der Waals surface area contributed by atoms with E-state index in [1.807, 2.05) is 35.2 Å². The zero-order chi connectivity index (χ0) is 20.2. The Bertz CT molecular complexity index is 845. The lowest BCUT2D eigenvalue weighted by atomic mass is 9.81. The van der Waals surface area contributed by atoms with Gasteiger partial charge in [-0.05, 0) is 48.4 Å². The number of carbonyl (C=O) groups is 1. The van der Waals surface area contributed by atoms with Crippen LogP contribution < -0.4 is 10.9 Å². The summed E-state index contributed by atoms with van der Waals surface area (Å²) < 4.78 is 27.0. The number of halogens is 2. The van der Waals surface area contributed by atoms with E-state index in [1.165, 1.54) is 17.7 Å². The van der Waals surface area contributed by atoms with Gasteiger partial charge in [-0.1, -0.05) is 36.4 Å². The lowest BCUT2D eigenvalue weighted by Gasteiger charge is -2.37. The van der Waals surface area contributed by atoms with Gasteiger partial charge in [0.05, 0.1) is 0 Å². The van der Waals surface area contributed by atoms with Gasteiger partial charge in [0, 0.05) is 38.0 Å². The van der Waals surface area contributed by atoms with Crippen LogP contribution in [-0.2, 0) is 11.2 Å². The second-order valence-corrected chi connectivity index (χ2v) is 8.06. The molecular weight excluding hydrogens is 372 g/mol. The summed E-state index contributed by atoms with van der Waals surface area (Å²) in [4.78, 5) is 14.7. The van der Waals surface area contributed by atoms with Crippen molar-refractivity contribution in [2.24, 2.45) is 5.92 Å². The summed E-state index contributed by atoms with van der Waals surface area (Å²) in [6, 6.07) is 14.3. The average Bonchev–Trinajstić information content (AvgIpc) is 3.25. The molecule has 4 nitrogen and oxygen atoms in total. The second-order valence-electron chi connectivity index (χ2n) is 8.06.